The summed E-state index contributed by atoms with van der Waals surface area (Å²) in [5.41, 5.74) is 0. The fourth-order valence-electron chi connectivity index (χ4n) is 1.26. The summed E-state index contributed by atoms with van der Waals surface area (Å²) in [6, 6.07) is 7.62. The van der Waals surface area contributed by atoms with Gasteiger partial charge in [0.05, 0.1) is 0 Å². The molecule has 0 radical (unpaired) electrons. The minimum atomic E-state index is 0.262. The van der Waals surface area contributed by atoms with Crippen molar-refractivity contribution in [3.63, 3.8) is 0 Å². The predicted octanol–water partition coefficient (Wildman–Crippen LogP) is 3.53. The molecule has 0 spiro atoms. The van der Waals surface area contributed by atoms with Crippen LogP contribution in [0.3, 0.4) is 0 Å². The van der Waals surface area contributed by atoms with Gasteiger partial charge in [0.15, 0.2) is 12.4 Å². The SMILES string of the molecule is CC(C)c1noc(COc2cccc(Br)c2)n1. The molecule has 1 heterocycles. The number of benzene rings is 1. The monoisotopic (exact) mass is 296 g/mol. The zero-order chi connectivity index (χ0) is 12.3. The fraction of sp³-hybridized carbons (Fsp3) is 0.333. The molecule has 0 unspecified atom stereocenters. The Balaban J connectivity index is 1.97. The van der Waals surface area contributed by atoms with Crippen LogP contribution in [0, 0.1) is 0 Å². The van der Waals surface area contributed by atoms with Crippen LogP contribution in [0.1, 0.15) is 31.5 Å². The molecule has 0 saturated carbocycles. The van der Waals surface area contributed by atoms with Crippen molar-refractivity contribution in [2.75, 3.05) is 0 Å². The van der Waals surface area contributed by atoms with Crippen molar-refractivity contribution < 1.29 is 9.26 Å². The van der Waals surface area contributed by atoms with Crippen LogP contribution < -0.4 is 4.74 Å². The van der Waals surface area contributed by atoms with Crippen molar-refractivity contribution in [1.82, 2.24) is 10.1 Å². The first-order chi connectivity index (χ1) is 8.15. The summed E-state index contributed by atoms with van der Waals surface area (Å²) in [6.45, 7) is 4.32. The summed E-state index contributed by atoms with van der Waals surface area (Å²) in [6.07, 6.45) is 0. The summed E-state index contributed by atoms with van der Waals surface area (Å²) in [5, 5.41) is 3.87. The fourth-order valence-corrected chi connectivity index (χ4v) is 1.64. The maximum Gasteiger partial charge on any atom is 0.264 e. The lowest BCUT2D eigenvalue weighted by Gasteiger charge is -2.02. The number of aromatic nitrogens is 2. The molecule has 0 fully saturated rings. The second-order valence-corrected chi connectivity index (χ2v) is 4.86. The summed E-state index contributed by atoms with van der Waals surface area (Å²) in [7, 11) is 0. The van der Waals surface area contributed by atoms with Crippen LogP contribution in [0.15, 0.2) is 33.3 Å². The highest BCUT2D eigenvalue weighted by atomic mass is 79.9. The molecule has 5 heteroatoms. The van der Waals surface area contributed by atoms with Crippen molar-refractivity contribution in [1.29, 1.82) is 0 Å². The zero-order valence-corrected chi connectivity index (χ0v) is 11.3. The van der Waals surface area contributed by atoms with Gasteiger partial charge in [-0.1, -0.05) is 41.0 Å². The number of rotatable bonds is 4. The van der Waals surface area contributed by atoms with Crippen LogP contribution in [0.4, 0.5) is 0 Å². The van der Waals surface area contributed by atoms with Crippen molar-refractivity contribution in [2.24, 2.45) is 0 Å². The lowest BCUT2D eigenvalue weighted by Crippen LogP contribution is -1.96. The Hall–Kier alpha value is -1.36. The second-order valence-electron chi connectivity index (χ2n) is 3.95. The summed E-state index contributed by atoms with van der Waals surface area (Å²) in [4.78, 5) is 4.23. The lowest BCUT2D eigenvalue weighted by molar-refractivity contribution is 0.242. The Morgan fingerprint density at radius 2 is 2.24 bits per heavy atom. The van der Waals surface area contributed by atoms with Crippen molar-refractivity contribution in [3.05, 3.63) is 40.5 Å². The van der Waals surface area contributed by atoms with E-state index in [9.17, 15) is 0 Å². The molecule has 90 valence electrons. The van der Waals surface area contributed by atoms with Gasteiger partial charge in [-0.15, -0.1) is 0 Å². The molecule has 0 N–H and O–H groups in total. The van der Waals surface area contributed by atoms with Crippen LogP contribution in [0.2, 0.25) is 0 Å². The quantitative estimate of drug-likeness (QED) is 0.866. The average Bonchev–Trinajstić information content (AvgIpc) is 2.75. The normalized spacial score (nSPS) is 10.8. The van der Waals surface area contributed by atoms with Crippen molar-refractivity contribution >= 4 is 15.9 Å². The topological polar surface area (TPSA) is 48.2 Å². The van der Waals surface area contributed by atoms with E-state index in [1.165, 1.54) is 0 Å². The molecule has 4 nitrogen and oxygen atoms in total. The second kappa shape index (κ2) is 5.31. The highest BCUT2D eigenvalue weighted by molar-refractivity contribution is 9.10. The molecule has 1 aromatic carbocycles. The summed E-state index contributed by atoms with van der Waals surface area (Å²) < 4.78 is 11.6. The molecule has 0 aliphatic heterocycles. The van der Waals surface area contributed by atoms with E-state index < -0.39 is 0 Å². The Bertz CT molecular complexity index is 497. The van der Waals surface area contributed by atoms with E-state index in [-0.39, 0.29) is 12.5 Å². The Morgan fingerprint density at radius 1 is 1.41 bits per heavy atom. The first-order valence-electron chi connectivity index (χ1n) is 5.36. The first-order valence-corrected chi connectivity index (χ1v) is 6.15. The maximum atomic E-state index is 5.54. The van der Waals surface area contributed by atoms with Gasteiger partial charge in [-0.25, -0.2) is 0 Å². The third kappa shape index (κ3) is 3.30. The standard InChI is InChI=1S/C12H13BrN2O2/c1-8(2)12-14-11(17-15-12)7-16-10-5-3-4-9(13)6-10/h3-6,8H,7H2,1-2H3. The Kier molecular flexibility index (Phi) is 3.78. The van der Waals surface area contributed by atoms with E-state index >= 15 is 0 Å². The van der Waals surface area contributed by atoms with Crippen LogP contribution >= 0.6 is 15.9 Å². The molecule has 0 atom stereocenters. The van der Waals surface area contributed by atoms with Crippen LogP contribution in [-0.4, -0.2) is 10.1 Å². The van der Waals surface area contributed by atoms with E-state index in [0.29, 0.717) is 11.7 Å². The highest BCUT2D eigenvalue weighted by Gasteiger charge is 2.09. The van der Waals surface area contributed by atoms with Gasteiger partial charge in [-0.05, 0) is 18.2 Å². The Labute approximate surface area is 108 Å². The number of hydrogen-bond donors (Lipinski definition) is 0. The van der Waals surface area contributed by atoms with Crippen LogP contribution in [-0.2, 0) is 6.61 Å². The minimum Gasteiger partial charge on any atom is -0.484 e. The van der Waals surface area contributed by atoms with Crippen molar-refractivity contribution in [2.45, 2.75) is 26.4 Å². The van der Waals surface area contributed by atoms with E-state index in [1.54, 1.807) is 0 Å². The van der Waals surface area contributed by atoms with Gasteiger partial charge >= 0.3 is 0 Å². The molecule has 0 saturated heterocycles. The van der Waals surface area contributed by atoms with E-state index in [4.69, 9.17) is 9.26 Å². The molecule has 2 aromatic rings. The summed E-state index contributed by atoms with van der Waals surface area (Å²) >= 11 is 3.38. The van der Waals surface area contributed by atoms with Gasteiger partial charge in [0.25, 0.3) is 5.89 Å². The van der Waals surface area contributed by atoms with E-state index in [0.717, 1.165) is 10.2 Å². The van der Waals surface area contributed by atoms with E-state index in [2.05, 4.69) is 26.1 Å². The van der Waals surface area contributed by atoms with Crippen molar-refractivity contribution in [3.8, 4) is 5.75 Å². The molecule has 2 rings (SSSR count). The van der Waals surface area contributed by atoms with E-state index in [1.807, 2.05) is 38.1 Å². The minimum absolute atomic E-state index is 0.262. The molecule has 0 aliphatic carbocycles. The number of ether oxygens (including phenoxy) is 1. The lowest BCUT2D eigenvalue weighted by atomic mass is 10.2. The average molecular weight is 297 g/mol. The molecule has 0 aliphatic rings. The third-order valence-corrected chi connectivity index (χ3v) is 2.65. The summed E-state index contributed by atoms with van der Waals surface area (Å²) in [5.74, 6) is 2.23. The van der Waals surface area contributed by atoms with Gasteiger partial charge in [0.1, 0.15) is 5.75 Å². The number of hydrogen-bond acceptors (Lipinski definition) is 4. The van der Waals surface area contributed by atoms with Gasteiger partial charge in [-0.2, -0.15) is 4.98 Å². The zero-order valence-electron chi connectivity index (χ0n) is 9.68. The molecule has 0 bridgehead atoms. The predicted molar refractivity (Wildman–Crippen MR) is 66.9 cm³/mol. The maximum absolute atomic E-state index is 5.54. The van der Waals surface area contributed by atoms with Gasteiger partial charge in [0, 0.05) is 10.4 Å². The van der Waals surface area contributed by atoms with Gasteiger partial charge < -0.3 is 9.26 Å². The van der Waals surface area contributed by atoms with Gasteiger partial charge in [0.2, 0.25) is 0 Å². The molecular formula is C12H13BrN2O2. The number of nitrogens with zero attached hydrogens (tertiary/aromatic N) is 2. The number of halogens is 1. The molecule has 17 heavy (non-hydrogen) atoms. The van der Waals surface area contributed by atoms with Crippen LogP contribution in [0.5, 0.6) is 5.75 Å². The smallest absolute Gasteiger partial charge is 0.264 e. The molecule has 1 aromatic heterocycles. The molecule has 0 amide bonds. The van der Waals surface area contributed by atoms with Gasteiger partial charge in [-0.3, -0.25) is 0 Å². The molecular weight excluding hydrogens is 284 g/mol. The van der Waals surface area contributed by atoms with Crippen LogP contribution in [0.25, 0.3) is 0 Å². The first kappa shape index (κ1) is 12.1. The third-order valence-electron chi connectivity index (χ3n) is 2.16. The highest BCUT2D eigenvalue weighted by Crippen LogP contribution is 2.19. The largest absolute Gasteiger partial charge is 0.484 e. The Morgan fingerprint density at radius 3 is 2.88 bits per heavy atom.